The molecule has 2 rings (SSSR count). The maximum atomic E-state index is 6.01. The lowest BCUT2D eigenvalue weighted by Crippen LogP contribution is -2.25. The highest BCUT2D eigenvalue weighted by molar-refractivity contribution is 4.71. The monoisotopic (exact) mass is 242 g/mol. The van der Waals surface area contributed by atoms with Gasteiger partial charge in [-0.25, -0.2) is 0 Å². The molecule has 3 nitrogen and oxygen atoms in total. The summed E-state index contributed by atoms with van der Waals surface area (Å²) in [5.74, 6) is 0. The van der Waals surface area contributed by atoms with Crippen LogP contribution in [0.4, 0.5) is 0 Å². The quantitative estimate of drug-likeness (QED) is 0.717. The van der Waals surface area contributed by atoms with E-state index in [4.69, 9.17) is 14.2 Å². The minimum Gasteiger partial charge on any atom is -0.378 e. The molecule has 2 aliphatic rings. The summed E-state index contributed by atoms with van der Waals surface area (Å²) in [6.07, 6.45) is 8.36. The largest absolute Gasteiger partial charge is 0.378 e. The molecule has 0 radical (unpaired) electrons. The van der Waals surface area contributed by atoms with Crippen molar-refractivity contribution in [1.29, 1.82) is 0 Å². The van der Waals surface area contributed by atoms with E-state index in [9.17, 15) is 0 Å². The number of ether oxygens (including phenoxy) is 3. The van der Waals surface area contributed by atoms with E-state index in [0.717, 1.165) is 26.1 Å². The third-order valence-electron chi connectivity index (χ3n) is 3.70. The molecule has 0 saturated carbocycles. The zero-order valence-electron chi connectivity index (χ0n) is 11.2. The van der Waals surface area contributed by atoms with Crippen molar-refractivity contribution < 1.29 is 14.2 Å². The highest BCUT2D eigenvalue weighted by atomic mass is 16.5. The summed E-state index contributed by atoms with van der Waals surface area (Å²) >= 11 is 0. The molecule has 0 bridgehead atoms. The Balaban J connectivity index is 1.60. The Hall–Kier alpha value is -0.120. The van der Waals surface area contributed by atoms with Crippen molar-refractivity contribution >= 4 is 0 Å². The second kappa shape index (κ2) is 6.72. The lowest BCUT2D eigenvalue weighted by Gasteiger charge is -2.23. The smallest absolute Gasteiger partial charge is 0.0600 e. The van der Waals surface area contributed by atoms with Crippen LogP contribution in [0.5, 0.6) is 0 Å². The van der Waals surface area contributed by atoms with Gasteiger partial charge >= 0.3 is 0 Å². The maximum Gasteiger partial charge on any atom is 0.0600 e. The summed E-state index contributed by atoms with van der Waals surface area (Å²) in [4.78, 5) is 0. The average molecular weight is 242 g/mol. The Morgan fingerprint density at radius 1 is 0.941 bits per heavy atom. The Bertz CT molecular complexity index is 186. The van der Waals surface area contributed by atoms with E-state index in [1.54, 1.807) is 0 Å². The van der Waals surface area contributed by atoms with Gasteiger partial charge in [-0.3, -0.25) is 0 Å². The van der Waals surface area contributed by atoms with Crippen molar-refractivity contribution in [3.63, 3.8) is 0 Å². The number of hydrogen-bond donors (Lipinski definition) is 0. The van der Waals surface area contributed by atoms with Gasteiger partial charge in [0.1, 0.15) is 0 Å². The zero-order chi connectivity index (χ0) is 12.1. The first-order valence-electron chi connectivity index (χ1n) is 7.12. The van der Waals surface area contributed by atoms with Crippen LogP contribution in [-0.2, 0) is 14.2 Å². The zero-order valence-corrected chi connectivity index (χ0v) is 11.2. The van der Waals surface area contributed by atoms with Crippen molar-refractivity contribution in [3.8, 4) is 0 Å². The van der Waals surface area contributed by atoms with E-state index in [1.807, 2.05) is 0 Å². The van der Waals surface area contributed by atoms with E-state index in [0.29, 0.717) is 24.4 Å². The predicted molar refractivity (Wildman–Crippen MR) is 67.2 cm³/mol. The number of rotatable bonds is 6. The fourth-order valence-corrected chi connectivity index (χ4v) is 2.91. The molecule has 2 fully saturated rings. The first kappa shape index (κ1) is 13.3. The molecule has 4 unspecified atom stereocenters. The molecule has 17 heavy (non-hydrogen) atoms. The first-order valence-corrected chi connectivity index (χ1v) is 7.12. The van der Waals surface area contributed by atoms with Gasteiger partial charge in [0.2, 0.25) is 0 Å². The molecule has 0 aromatic carbocycles. The van der Waals surface area contributed by atoms with E-state index >= 15 is 0 Å². The van der Waals surface area contributed by atoms with E-state index in [-0.39, 0.29) is 0 Å². The van der Waals surface area contributed by atoms with E-state index in [1.165, 1.54) is 25.7 Å². The minimum atomic E-state index is 0.300. The minimum absolute atomic E-state index is 0.300. The van der Waals surface area contributed by atoms with Crippen LogP contribution in [0, 0.1) is 0 Å². The van der Waals surface area contributed by atoms with Crippen LogP contribution in [0.25, 0.3) is 0 Å². The summed E-state index contributed by atoms with van der Waals surface area (Å²) < 4.78 is 17.3. The molecule has 2 saturated heterocycles. The van der Waals surface area contributed by atoms with Gasteiger partial charge in [-0.1, -0.05) is 0 Å². The van der Waals surface area contributed by atoms with E-state index in [2.05, 4.69) is 13.8 Å². The molecule has 0 amide bonds. The lowest BCUT2D eigenvalue weighted by atomic mass is 10.1. The fourth-order valence-electron chi connectivity index (χ4n) is 2.91. The molecule has 3 heteroatoms. The van der Waals surface area contributed by atoms with Gasteiger partial charge < -0.3 is 14.2 Å². The molecule has 2 heterocycles. The van der Waals surface area contributed by atoms with Crippen LogP contribution in [0.3, 0.4) is 0 Å². The Kier molecular flexibility index (Phi) is 5.26. The van der Waals surface area contributed by atoms with Gasteiger partial charge in [0, 0.05) is 13.2 Å². The second-order valence-corrected chi connectivity index (χ2v) is 5.50. The third kappa shape index (κ3) is 4.57. The molecular formula is C14H26O3. The highest BCUT2D eigenvalue weighted by Gasteiger charge is 2.22. The summed E-state index contributed by atoms with van der Waals surface area (Å²) in [6.45, 7) is 6.19. The highest BCUT2D eigenvalue weighted by Crippen LogP contribution is 2.22. The summed E-state index contributed by atoms with van der Waals surface area (Å²) in [5.41, 5.74) is 0. The van der Waals surface area contributed by atoms with Gasteiger partial charge in [-0.2, -0.15) is 0 Å². The van der Waals surface area contributed by atoms with Crippen molar-refractivity contribution in [2.75, 3.05) is 13.2 Å². The van der Waals surface area contributed by atoms with Crippen LogP contribution < -0.4 is 0 Å². The predicted octanol–water partition coefficient (Wildman–Crippen LogP) is 2.92. The summed E-state index contributed by atoms with van der Waals surface area (Å²) in [7, 11) is 0. The molecule has 4 atom stereocenters. The van der Waals surface area contributed by atoms with Crippen molar-refractivity contribution in [2.24, 2.45) is 0 Å². The molecule has 0 aromatic heterocycles. The molecule has 100 valence electrons. The third-order valence-corrected chi connectivity index (χ3v) is 3.70. The standard InChI is InChI=1S/C14H26O3/c1-11(9-13-5-3-7-15-13)17-12(2)10-14-6-4-8-16-14/h11-14H,3-10H2,1-2H3. The van der Waals surface area contributed by atoms with Crippen LogP contribution in [0.1, 0.15) is 52.4 Å². The van der Waals surface area contributed by atoms with Gasteiger partial charge in [0.15, 0.2) is 0 Å². The van der Waals surface area contributed by atoms with Gasteiger partial charge in [0.25, 0.3) is 0 Å². The summed E-state index contributed by atoms with van der Waals surface area (Å²) in [5, 5.41) is 0. The van der Waals surface area contributed by atoms with Crippen LogP contribution in [-0.4, -0.2) is 37.6 Å². The SMILES string of the molecule is CC(CC1CCCO1)OC(C)CC1CCCO1. The normalized spacial score (nSPS) is 32.8. The van der Waals surface area contributed by atoms with Crippen LogP contribution in [0.2, 0.25) is 0 Å². The summed E-state index contributed by atoms with van der Waals surface area (Å²) in [6, 6.07) is 0. The lowest BCUT2D eigenvalue weighted by molar-refractivity contribution is -0.0438. The average Bonchev–Trinajstić information content (AvgIpc) is 2.90. The first-order chi connectivity index (χ1) is 8.24. The molecule has 2 aliphatic heterocycles. The molecule has 0 N–H and O–H groups in total. The molecular weight excluding hydrogens is 216 g/mol. The Morgan fingerprint density at radius 3 is 1.76 bits per heavy atom. The second-order valence-electron chi connectivity index (χ2n) is 5.50. The van der Waals surface area contributed by atoms with Gasteiger partial charge in [-0.15, -0.1) is 0 Å². The topological polar surface area (TPSA) is 27.7 Å². The van der Waals surface area contributed by atoms with Crippen LogP contribution >= 0.6 is 0 Å². The Morgan fingerprint density at radius 2 is 1.41 bits per heavy atom. The molecule has 0 spiro atoms. The van der Waals surface area contributed by atoms with Crippen LogP contribution in [0.15, 0.2) is 0 Å². The van der Waals surface area contributed by atoms with Crippen molar-refractivity contribution in [1.82, 2.24) is 0 Å². The van der Waals surface area contributed by atoms with Gasteiger partial charge in [-0.05, 0) is 52.4 Å². The van der Waals surface area contributed by atoms with Crippen molar-refractivity contribution in [2.45, 2.75) is 76.8 Å². The van der Waals surface area contributed by atoms with Gasteiger partial charge in [0.05, 0.1) is 24.4 Å². The van der Waals surface area contributed by atoms with E-state index < -0.39 is 0 Å². The number of hydrogen-bond acceptors (Lipinski definition) is 3. The fraction of sp³-hybridized carbons (Fsp3) is 1.00. The Labute approximate surface area is 105 Å². The maximum absolute atomic E-state index is 6.01. The molecule has 0 aromatic rings. The molecule has 0 aliphatic carbocycles. The van der Waals surface area contributed by atoms with Crippen molar-refractivity contribution in [3.05, 3.63) is 0 Å².